The number of nitrogens with zero attached hydrogens (tertiary/aromatic N) is 1. The minimum Gasteiger partial charge on any atom is -0.435 e. The maximum absolute atomic E-state index is 12.0. The molecule has 5 nitrogen and oxygen atoms in total. The zero-order valence-corrected chi connectivity index (χ0v) is 13.6. The third-order valence-electron chi connectivity index (χ3n) is 3.25. The first-order valence-corrected chi connectivity index (χ1v) is 7.59. The molecule has 0 aliphatic heterocycles. The Morgan fingerprint density at radius 2 is 1.84 bits per heavy atom. The van der Waals surface area contributed by atoms with Gasteiger partial charge in [0.25, 0.3) is 5.91 Å². The van der Waals surface area contributed by atoms with E-state index in [0.717, 1.165) is 5.56 Å². The Hall–Kier alpha value is -2.96. The summed E-state index contributed by atoms with van der Waals surface area (Å²) in [6.45, 7) is -1.21. The number of hydrogen-bond donors (Lipinski definition) is 1. The summed E-state index contributed by atoms with van der Waals surface area (Å²) in [5.74, 6) is -0.239. The van der Waals surface area contributed by atoms with Gasteiger partial charge < -0.3 is 14.9 Å². The van der Waals surface area contributed by atoms with Crippen molar-refractivity contribution in [2.45, 2.75) is 19.6 Å². The van der Waals surface area contributed by atoms with Crippen molar-refractivity contribution in [3.8, 4) is 5.75 Å². The molecular formula is C18H18F2N2O3. The Morgan fingerprint density at radius 1 is 1.16 bits per heavy atom. The lowest BCUT2D eigenvalue weighted by Crippen LogP contribution is -2.29. The van der Waals surface area contributed by atoms with E-state index in [-0.39, 0.29) is 24.3 Å². The number of oxime groups is 1. The average molecular weight is 348 g/mol. The van der Waals surface area contributed by atoms with Crippen molar-refractivity contribution in [3.05, 3.63) is 65.7 Å². The molecule has 2 aromatic carbocycles. The second-order valence-corrected chi connectivity index (χ2v) is 5.16. The fourth-order valence-electron chi connectivity index (χ4n) is 2.04. The van der Waals surface area contributed by atoms with Gasteiger partial charge in [-0.25, -0.2) is 0 Å². The normalized spacial score (nSPS) is 12.2. The molecule has 0 heterocycles. The van der Waals surface area contributed by atoms with E-state index in [1.165, 1.54) is 18.3 Å². The molecule has 0 saturated carbocycles. The van der Waals surface area contributed by atoms with E-state index in [9.17, 15) is 13.6 Å². The van der Waals surface area contributed by atoms with E-state index < -0.39 is 6.61 Å². The van der Waals surface area contributed by atoms with E-state index in [0.29, 0.717) is 5.56 Å². The molecule has 0 aliphatic carbocycles. The summed E-state index contributed by atoms with van der Waals surface area (Å²) >= 11 is 0. The minimum atomic E-state index is -2.86. The van der Waals surface area contributed by atoms with E-state index >= 15 is 0 Å². The molecule has 0 saturated heterocycles. The van der Waals surface area contributed by atoms with Gasteiger partial charge in [-0.2, -0.15) is 8.78 Å². The summed E-state index contributed by atoms with van der Waals surface area (Å²) in [5, 5.41) is 6.47. The SMILES string of the molecule is C[C@H](NC(=O)CO/N=C\c1ccc(OC(F)F)cc1)c1ccccc1. The van der Waals surface area contributed by atoms with Crippen LogP contribution in [0.5, 0.6) is 5.75 Å². The summed E-state index contributed by atoms with van der Waals surface area (Å²) < 4.78 is 28.3. The first-order chi connectivity index (χ1) is 12.0. The van der Waals surface area contributed by atoms with Gasteiger partial charge in [-0.15, -0.1) is 0 Å². The predicted octanol–water partition coefficient (Wildman–Crippen LogP) is 3.52. The smallest absolute Gasteiger partial charge is 0.387 e. The number of carbonyl (C=O) groups excluding carboxylic acids is 1. The molecule has 0 fully saturated rings. The zero-order chi connectivity index (χ0) is 18.1. The summed E-state index contributed by atoms with van der Waals surface area (Å²) in [7, 11) is 0. The Kier molecular flexibility index (Phi) is 6.88. The van der Waals surface area contributed by atoms with Gasteiger partial charge in [0, 0.05) is 0 Å². The topological polar surface area (TPSA) is 59.9 Å². The quantitative estimate of drug-likeness (QED) is 0.587. The number of hydrogen-bond acceptors (Lipinski definition) is 4. The number of ether oxygens (including phenoxy) is 1. The second-order valence-electron chi connectivity index (χ2n) is 5.16. The highest BCUT2D eigenvalue weighted by Gasteiger charge is 2.09. The minimum absolute atomic E-state index is 0.0577. The lowest BCUT2D eigenvalue weighted by molar-refractivity contribution is -0.126. The van der Waals surface area contributed by atoms with Gasteiger partial charge in [0.2, 0.25) is 0 Å². The summed E-state index contributed by atoms with van der Waals surface area (Å²) in [6.07, 6.45) is 1.38. The molecule has 132 valence electrons. The molecule has 7 heteroatoms. The first kappa shape index (κ1) is 18.4. The molecule has 0 radical (unpaired) electrons. The first-order valence-electron chi connectivity index (χ1n) is 7.59. The number of nitrogens with one attached hydrogen (secondary N) is 1. The van der Waals surface area contributed by atoms with Crippen molar-refractivity contribution in [2.75, 3.05) is 6.61 Å². The van der Waals surface area contributed by atoms with Crippen LogP contribution in [0.4, 0.5) is 8.78 Å². The standard InChI is InChI=1S/C18H18F2N2O3/c1-13(15-5-3-2-4-6-15)22-17(23)12-24-21-11-14-7-9-16(10-8-14)25-18(19)20/h2-11,13,18H,12H2,1H3,(H,22,23)/b21-11-/t13-/m0/s1. The third-order valence-corrected chi connectivity index (χ3v) is 3.25. The number of benzene rings is 2. The van der Waals surface area contributed by atoms with Gasteiger partial charge >= 0.3 is 6.61 Å². The Morgan fingerprint density at radius 3 is 2.48 bits per heavy atom. The maximum atomic E-state index is 12.0. The van der Waals surface area contributed by atoms with Crippen LogP contribution >= 0.6 is 0 Å². The van der Waals surface area contributed by atoms with Gasteiger partial charge in [-0.05, 0) is 42.3 Å². The van der Waals surface area contributed by atoms with Crippen molar-refractivity contribution in [1.29, 1.82) is 0 Å². The molecule has 0 spiro atoms. The van der Waals surface area contributed by atoms with Gasteiger partial charge in [0.15, 0.2) is 6.61 Å². The molecule has 1 N–H and O–H groups in total. The second kappa shape index (κ2) is 9.36. The van der Waals surface area contributed by atoms with E-state index in [1.807, 2.05) is 37.3 Å². The zero-order valence-electron chi connectivity index (χ0n) is 13.6. The van der Waals surface area contributed by atoms with Crippen molar-refractivity contribution in [2.24, 2.45) is 5.16 Å². The van der Waals surface area contributed by atoms with Crippen LogP contribution in [0.15, 0.2) is 59.8 Å². The fraction of sp³-hybridized carbons (Fsp3) is 0.222. The van der Waals surface area contributed by atoms with Crippen LogP contribution < -0.4 is 10.1 Å². The maximum Gasteiger partial charge on any atom is 0.387 e. The molecule has 0 unspecified atom stereocenters. The molecule has 2 aromatic rings. The van der Waals surface area contributed by atoms with Crippen LogP contribution in [0.25, 0.3) is 0 Å². The lowest BCUT2D eigenvalue weighted by atomic mass is 10.1. The number of alkyl halides is 2. The summed E-state index contributed by atoms with van der Waals surface area (Å²) in [5.41, 5.74) is 1.62. The highest BCUT2D eigenvalue weighted by molar-refractivity contribution is 5.80. The predicted molar refractivity (Wildman–Crippen MR) is 89.6 cm³/mol. The largest absolute Gasteiger partial charge is 0.435 e. The molecule has 2 rings (SSSR count). The average Bonchev–Trinajstić information content (AvgIpc) is 2.60. The van der Waals surface area contributed by atoms with Crippen LogP contribution in [0.2, 0.25) is 0 Å². The molecule has 0 bridgehead atoms. The van der Waals surface area contributed by atoms with Gasteiger partial charge in [-0.1, -0.05) is 35.5 Å². The number of halogens is 2. The van der Waals surface area contributed by atoms with Crippen molar-refractivity contribution in [3.63, 3.8) is 0 Å². The Bertz CT molecular complexity index is 691. The van der Waals surface area contributed by atoms with Gasteiger partial charge in [-0.3, -0.25) is 4.79 Å². The summed E-state index contributed by atoms with van der Waals surface area (Å²) in [4.78, 5) is 16.7. The lowest BCUT2D eigenvalue weighted by Gasteiger charge is -2.13. The summed E-state index contributed by atoms with van der Waals surface area (Å²) in [6, 6.07) is 15.3. The fourth-order valence-corrected chi connectivity index (χ4v) is 2.04. The number of amides is 1. The van der Waals surface area contributed by atoms with Gasteiger partial charge in [0.1, 0.15) is 5.75 Å². The Balaban J connectivity index is 1.74. The number of rotatable bonds is 8. The molecule has 1 atom stereocenters. The van der Waals surface area contributed by atoms with E-state index in [4.69, 9.17) is 4.84 Å². The highest BCUT2D eigenvalue weighted by Crippen LogP contribution is 2.14. The number of carbonyl (C=O) groups is 1. The van der Waals surface area contributed by atoms with Crippen LogP contribution in [-0.4, -0.2) is 25.3 Å². The monoisotopic (exact) mass is 348 g/mol. The van der Waals surface area contributed by atoms with E-state index in [2.05, 4.69) is 15.2 Å². The van der Waals surface area contributed by atoms with Crippen molar-refractivity contribution in [1.82, 2.24) is 5.32 Å². The molecular weight excluding hydrogens is 330 g/mol. The highest BCUT2D eigenvalue weighted by atomic mass is 19.3. The third kappa shape index (κ3) is 6.58. The van der Waals surface area contributed by atoms with Crippen LogP contribution in [-0.2, 0) is 9.63 Å². The van der Waals surface area contributed by atoms with Crippen LogP contribution in [0.1, 0.15) is 24.1 Å². The van der Waals surface area contributed by atoms with E-state index in [1.54, 1.807) is 12.1 Å². The van der Waals surface area contributed by atoms with Gasteiger partial charge in [0.05, 0.1) is 12.3 Å². The van der Waals surface area contributed by atoms with Crippen molar-refractivity contribution >= 4 is 12.1 Å². The molecule has 1 amide bonds. The van der Waals surface area contributed by atoms with Crippen molar-refractivity contribution < 1.29 is 23.1 Å². The Labute approximate surface area is 144 Å². The molecule has 0 aromatic heterocycles. The molecule has 0 aliphatic rings. The van der Waals surface area contributed by atoms with Crippen LogP contribution in [0, 0.1) is 0 Å². The molecule has 25 heavy (non-hydrogen) atoms. The van der Waals surface area contributed by atoms with Crippen LogP contribution in [0.3, 0.4) is 0 Å².